The Hall–Kier alpha value is -2.13. The van der Waals surface area contributed by atoms with Crippen LogP contribution < -0.4 is 10.9 Å². The molecule has 142 valence electrons. The Morgan fingerprint density at radius 2 is 2.26 bits per heavy atom. The molecule has 0 radical (unpaired) electrons. The van der Waals surface area contributed by atoms with Crippen molar-refractivity contribution in [3.8, 4) is 0 Å². The van der Waals surface area contributed by atoms with Crippen molar-refractivity contribution < 1.29 is 4.79 Å². The first-order valence-electron chi connectivity index (χ1n) is 9.01. The average molecular weight is 404 g/mol. The molecule has 27 heavy (non-hydrogen) atoms. The molecule has 0 bridgehead atoms. The molecule has 0 aromatic carbocycles. The number of H-pyrrole nitrogens is 1. The summed E-state index contributed by atoms with van der Waals surface area (Å²) in [5.41, 5.74) is 1.18. The maximum atomic E-state index is 12.5. The number of nitrogens with zero attached hydrogens (tertiary/aromatic N) is 3. The molecular weight excluding hydrogens is 382 g/mol. The molecule has 3 heterocycles. The van der Waals surface area contributed by atoms with E-state index in [4.69, 9.17) is 0 Å². The second-order valence-corrected chi connectivity index (χ2v) is 8.82. The predicted molar refractivity (Wildman–Crippen MR) is 109 cm³/mol. The highest BCUT2D eigenvalue weighted by Crippen LogP contribution is 2.33. The average Bonchev–Trinajstić information content (AvgIpc) is 3.21. The highest BCUT2D eigenvalue weighted by molar-refractivity contribution is 7.98. The summed E-state index contributed by atoms with van der Waals surface area (Å²) in [4.78, 5) is 34.2. The number of aromatic amines is 1. The van der Waals surface area contributed by atoms with Crippen LogP contribution >= 0.6 is 23.1 Å². The van der Waals surface area contributed by atoms with Gasteiger partial charge < -0.3 is 10.3 Å². The molecule has 0 spiro atoms. The number of hydrogen-bond donors (Lipinski definition) is 2. The Morgan fingerprint density at radius 3 is 3.07 bits per heavy atom. The third-order valence-corrected chi connectivity index (χ3v) is 6.72. The van der Waals surface area contributed by atoms with Crippen LogP contribution in [0.4, 0.5) is 5.82 Å². The van der Waals surface area contributed by atoms with Crippen molar-refractivity contribution in [2.45, 2.75) is 37.9 Å². The molecule has 7 nitrogen and oxygen atoms in total. The number of hydrogen-bond acceptors (Lipinski definition) is 6. The maximum absolute atomic E-state index is 12.5. The van der Waals surface area contributed by atoms with Gasteiger partial charge in [-0.25, -0.2) is 4.98 Å². The fourth-order valence-corrected chi connectivity index (χ4v) is 5.38. The smallest absolute Gasteiger partial charge is 0.259 e. The lowest BCUT2D eigenvalue weighted by atomic mass is 9.97. The topological polar surface area (TPSA) is 92.7 Å². The fraction of sp³-hybridized carbons (Fsp3) is 0.444. The van der Waals surface area contributed by atoms with Crippen LogP contribution in [0.25, 0.3) is 10.2 Å². The zero-order chi connectivity index (χ0) is 18.8. The lowest BCUT2D eigenvalue weighted by Crippen LogP contribution is -2.14. The number of nitrogens with one attached hydrogen (secondary N) is 2. The van der Waals surface area contributed by atoms with E-state index in [0.29, 0.717) is 29.6 Å². The fourth-order valence-electron chi connectivity index (χ4n) is 3.30. The van der Waals surface area contributed by atoms with E-state index in [0.717, 1.165) is 29.5 Å². The Morgan fingerprint density at radius 1 is 1.41 bits per heavy atom. The molecule has 0 unspecified atom stereocenters. The molecular formula is C18H21N5O2S2. The minimum atomic E-state index is -0.0657. The summed E-state index contributed by atoms with van der Waals surface area (Å²) in [7, 11) is 1.81. The minimum absolute atomic E-state index is 0.0251. The van der Waals surface area contributed by atoms with E-state index < -0.39 is 0 Å². The van der Waals surface area contributed by atoms with E-state index in [-0.39, 0.29) is 11.5 Å². The number of amides is 1. The molecule has 1 aliphatic rings. The number of aryl methyl sites for hydroxylation is 3. The summed E-state index contributed by atoms with van der Waals surface area (Å²) in [6.07, 6.45) is 6.56. The van der Waals surface area contributed by atoms with E-state index in [1.54, 1.807) is 47.1 Å². The number of thioether (sulfide) groups is 1. The van der Waals surface area contributed by atoms with Crippen molar-refractivity contribution in [3.63, 3.8) is 0 Å². The van der Waals surface area contributed by atoms with Crippen LogP contribution in [-0.2, 0) is 30.4 Å². The first-order valence-corrected chi connectivity index (χ1v) is 11.0. The number of carbonyl (C=O) groups excluding carboxylic acids is 1. The summed E-state index contributed by atoms with van der Waals surface area (Å²) in [6.45, 7) is 0. The van der Waals surface area contributed by atoms with Crippen molar-refractivity contribution >= 4 is 45.0 Å². The van der Waals surface area contributed by atoms with Gasteiger partial charge in [-0.2, -0.15) is 16.9 Å². The molecule has 0 saturated heterocycles. The van der Waals surface area contributed by atoms with Gasteiger partial charge in [-0.3, -0.25) is 14.3 Å². The number of anilines is 1. The monoisotopic (exact) mass is 403 g/mol. The van der Waals surface area contributed by atoms with Gasteiger partial charge in [0.05, 0.1) is 11.1 Å². The Balaban J connectivity index is 1.34. The van der Waals surface area contributed by atoms with Gasteiger partial charge in [0.15, 0.2) is 5.82 Å². The van der Waals surface area contributed by atoms with Crippen LogP contribution in [0.15, 0.2) is 17.1 Å². The summed E-state index contributed by atoms with van der Waals surface area (Å²) in [5, 5.41) is 7.68. The third-order valence-electron chi connectivity index (χ3n) is 4.57. The zero-order valence-corrected chi connectivity index (χ0v) is 16.7. The van der Waals surface area contributed by atoms with Crippen LogP contribution in [-0.4, -0.2) is 31.4 Å². The van der Waals surface area contributed by atoms with Gasteiger partial charge in [0.2, 0.25) is 5.91 Å². The molecule has 3 aromatic rings. The van der Waals surface area contributed by atoms with E-state index in [1.807, 2.05) is 0 Å². The zero-order valence-electron chi connectivity index (χ0n) is 15.1. The Labute approximate surface area is 164 Å². The summed E-state index contributed by atoms with van der Waals surface area (Å²) < 4.78 is 1.64. The van der Waals surface area contributed by atoms with Gasteiger partial charge in [-0.1, -0.05) is 0 Å². The molecule has 1 amide bonds. The Kier molecular flexibility index (Phi) is 5.31. The largest absolute Gasteiger partial charge is 0.309 e. The highest BCUT2D eigenvalue weighted by Gasteiger charge is 2.19. The molecule has 3 aromatic heterocycles. The van der Waals surface area contributed by atoms with Crippen molar-refractivity contribution in [1.82, 2.24) is 19.7 Å². The summed E-state index contributed by atoms with van der Waals surface area (Å²) >= 11 is 3.25. The molecule has 1 aliphatic carbocycles. The van der Waals surface area contributed by atoms with Crippen LogP contribution in [0.3, 0.4) is 0 Å². The second-order valence-electron chi connectivity index (χ2n) is 6.63. The molecule has 9 heteroatoms. The summed E-state index contributed by atoms with van der Waals surface area (Å²) in [5.74, 6) is 2.42. The lowest BCUT2D eigenvalue weighted by molar-refractivity contribution is -0.115. The number of carbonyl (C=O) groups is 1. The number of aromatic nitrogens is 4. The van der Waals surface area contributed by atoms with E-state index in [1.165, 1.54) is 16.9 Å². The van der Waals surface area contributed by atoms with Crippen LogP contribution in [0.1, 0.15) is 35.5 Å². The normalized spacial score (nSPS) is 13.7. The van der Waals surface area contributed by atoms with Crippen molar-refractivity contribution in [1.29, 1.82) is 0 Å². The van der Waals surface area contributed by atoms with E-state index in [2.05, 4.69) is 20.4 Å². The Bertz CT molecular complexity index is 1040. The van der Waals surface area contributed by atoms with Crippen LogP contribution in [0.2, 0.25) is 0 Å². The van der Waals surface area contributed by atoms with Crippen molar-refractivity contribution in [3.05, 3.63) is 38.9 Å². The molecule has 0 atom stereocenters. The minimum Gasteiger partial charge on any atom is -0.309 e. The van der Waals surface area contributed by atoms with Gasteiger partial charge in [0, 0.05) is 36.4 Å². The quantitative estimate of drug-likeness (QED) is 0.618. The number of rotatable bonds is 6. The third kappa shape index (κ3) is 4.08. The van der Waals surface area contributed by atoms with Gasteiger partial charge in [-0.05, 0) is 31.2 Å². The van der Waals surface area contributed by atoms with E-state index in [9.17, 15) is 9.59 Å². The van der Waals surface area contributed by atoms with Crippen LogP contribution in [0.5, 0.6) is 0 Å². The predicted octanol–water partition coefficient (Wildman–Crippen LogP) is 2.86. The SMILES string of the molecule is Cn1ccc(NC(=O)CCSCc2nc3sc4c(c3c(=O)[nH]2)CCCC4)n1. The van der Waals surface area contributed by atoms with Crippen molar-refractivity contribution in [2.75, 3.05) is 11.1 Å². The standard InChI is InChI=1S/C18H21N5O2S2/c1-23-8-6-13(22-23)19-15(24)7-9-26-10-14-20-17(25)16-11-4-2-3-5-12(11)27-18(16)21-14/h6,8H,2-5,7,9-10H2,1H3,(H,19,22,24)(H,20,21,25). The molecule has 2 N–H and O–H groups in total. The molecule has 4 rings (SSSR count). The summed E-state index contributed by atoms with van der Waals surface area (Å²) in [6, 6.07) is 1.76. The molecule has 0 fully saturated rings. The molecule has 0 saturated carbocycles. The number of fused-ring (bicyclic) bond motifs is 3. The second kappa shape index (κ2) is 7.85. The number of thiophene rings is 1. The van der Waals surface area contributed by atoms with Gasteiger partial charge in [0.25, 0.3) is 5.56 Å². The first-order chi connectivity index (χ1) is 13.1. The van der Waals surface area contributed by atoms with E-state index >= 15 is 0 Å². The van der Waals surface area contributed by atoms with Crippen molar-refractivity contribution in [2.24, 2.45) is 7.05 Å². The van der Waals surface area contributed by atoms with Gasteiger partial charge in [0.1, 0.15) is 10.7 Å². The molecule has 0 aliphatic heterocycles. The lowest BCUT2D eigenvalue weighted by Gasteiger charge is -2.09. The van der Waals surface area contributed by atoms with Crippen LogP contribution in [0, 0.1) is 0 Å². The highest BCUT2D eigenvalue weighted by atomic mass is 32.2. The maximum Gasteiger partial charge on any atom is 0.259 e. The van der Waals surface area contributed by atoms with Gasteiger partial charge >= 0.3 is 0 Å². The first kappa shape index (κ1) is 18.2. The van der Waals surface area contributed by atoms with Gasteiger partial charge in [-0.15, -0.1) is 11.3 Å².